The number of nitrogens with one attached hydrogen (secondary N) is 2. The van der Waals surface area contributed by atoms with E-state index in [1.807, 2.05) is 6.92 Å². The third-order valence-electron chi connectivity index (χ3n) is 4.26. The summed E-state index contributed by atoms with van der Waals surface area (Å²) in [5.41, 5.74) is 3.99. The molecule has 0 aliphatic heterocycles. The maximum Gasteiger partial charge on any atom is 0.148 e. The lowest BCUT2D eigenvalue weighted by Crippen LogP contribution is -2.24. The quantitative estimate of drug-likeness (QED) is 0.588. The summed E-state index contributed by atoms with van der Waals surface area (Å²) >= 11 is 0. The average molecular weight is 291 g/mol. The van der Waals surface area contributed by atoms with Gasteiger partial charge in [0, 0.05) is 17.0 Å². The molecule has 1 aliphatic carbocycles. The van der Waals surface area contributed by atoms with Crippen LogP contribution < -0.4 is 16.6 Å². The minimum atomic E-state index is -0.106. The van der Waals surface area contributed by atoms with E-state index in [1.165, 1.54) is 19.3 Å². The summed E-state index contributed by atoms with van der Waals surface area (Å²) in [5.74, 6) is 8.03. The Kier molecular flexibility index (Phi) is 4.15. The molecule has 4 N–H and O–H groups in total. The molecule has 0 aromatic carbocycles. The predicted molar refractivity (Wildman–Crippen MR) is 88.3 cm³/mol. The highest BCUT2D eigenvalue weighted by Gasteiger charge is 2.31. The lowest BCUT2D eigenvalue weighted by Gasteiger charge is -2.23. The number of hydrogen-bond acceptors (Lipinski definition) is 5. The second kappa shape index (κ2) is 5.44. The van der Waals surface area contributed by atoms with Gasteiger partial charge in [0.25, 0.3) is 0 Å². The van der Waals surface area contributed by atoms with Crippen molar-refractivity contribution < 1.29 is 0 Å². The Morgan fingerprint density at radius 1 is 1.19 bits per heavy atom. The molecule has 1 heterocycles. The third kappa shape index (κ3) is 3.64. The monoisotopic (exact) mass is 291 g/mol. The van der Waals surface area contributed by atoms with Crippen molar-refractivity contribution >= 4 is 11.6 Å². The van der Waals surface area contributed by atoms with E-state index in [9.17, 15) is 0 Å². The Hall–Kier alpha value is -1.36. The molecule has 21 heavy (non-hydrogen) atoms. The zero-order chi connectivity index (χ0) is 15.8. The summed E-state index contributed by atoms with van der Waals surface area (Å²) in [7, 11) is 0. The van der Waals surface area contributed by atoms with Gasteiger partial charge < -0.3 is 10.7 Å². The van der Waals surface area contributed by atoms with Crippen LogP contribution in [0.5, 0.6) is 0 Å². The number of hydrazine groups is 1. The second-order valence-corrected chi connectivity index (χ2v) is 8.01. The third-order valence-corrected chi connectivity index (χ3v) is 4.26. The summed E-state index contributed by atoms with van der Waals surface area (Å²) in [6, 6.07) is 0.479. The van der Waals surface area contributed by atoms with Gasteiger partial charge in [0.1, 0.15) is 17.5 Å². The van der Waals surface area contributed by atoms with E-state index in [-0.39, 0.29) is 5.41 Å². The second-order valence-electron chi connectivity index (χ2n) is 8.01. The highest BCUT2D eigenvalue weighted by Crippen LogP contribution is 2.38. The van der Waals surface area contributed by atoms with Gasteiger partial charge in [-0.25, -0.2) is 15.8 Å². The molecular weight excluding hydrogens is 262 g/mol. The molecule has 0 saturated heterocycles. The van der Waals surface area contributed by atoms with Crippen LogP contribution in [-0.4, -0.2) is 16.0 Å². The van der Waals surface area contributed by atoms with Crippen molar-refractivity contribution in [3.63, 3.8) is 0 Å². The topological polar surface area (TPSA) is 75.9 Å². The highest BCUT2D eigenvalue weighted by atomic mass is 15.3. The molecule has 1 fully saturated rings. The molecule has 5 heteroatoms. The molecule has 1 saturated carbocycles. The molecule has 0 bridgehead atoms. The fraction of sp³-hybridized carbons (Fsp3) is 0.750. The van der Waals surface area contributed by atoms with Crippen LogP contribution in [0.1, 0.15) is 65.3 Å². The van der Waals surface area contributed by atoms with E-state index in [1.54, 1.807) is 0 Å². The Morgan fingerprint density at radius 2 is 1.81 bits per heavy atom. The number of aromatic nitrogens is 2. The number of nitrogens with zero attached hydrogens (tertiary/aromatic N) is 2. The largest absolute Gasteiger partial charge is 0.367 e. The van der Waals surface area contributed by atoms with E-state index in [2.05, 4.69) is 50.3 Å². The van der Waals surface area contributed by atoms with Crippen LogP contribution in [0.25, 0.3) is 0 Å². The summed E-state index contributed by atoms with van der Waals surface area (Å²) < 4.78 is 0. The molecule has 0 radical (unpaired) electrons. The molecule has 1 aromatic rings. The van der Waals surface area contributed by atoms with Gasteiger partial charge >= 0.3 is 0 Å². The van der Waals surface area contributed by atoms with Gasteiger partial charge in [0.05, 0.1) is 0 Å². The fourth-order valence-electron chi connectivity index (χ4n) is 2.89. The van der Waals surface area contributed by atoms with Gasteiger partial charge in [0.2, 0.25) is 0 Å². The molecule has 1 aromatic heterocycles. The molecule has 0 amide bonds. The number of nitrogens with two attached hydrogens (primary N) is 1. The standard InChI is InChI=1S/C16H29N5/c1-10-12(18-11-7-8-16(5,6)9-11)19-14(15(2,3)4)20-13(10)21-17/h11H,7-9,17H2,1-6H3,(H2,18,19,20,21). The van der Waals surface area contributed by atoms with E-state index >= 15 is 0 Å². The van der Waals surface area contributed by atoms with Crippen LogP contribution in [0.15, 0.2) is 0 Å². The summed E-state index contributed by atoms with van der Waals surface area (Å²) in [6.45, 7) is 13.0. The van der Waals surface area contributed by atoms with E-state index in [0.29, 0.717) is 17.3 Å². The first-order valence-electron chi connectivity index (χ1n) is 7.75. The molecule has 1 atom stereocenters. The minimum Gasteiger partial charge on any atom is -0.367 e. The Morgan fingerprint density at radius 3 is 2.29 bits per heavy atom. The zero-order valence-electron chi connectivity index (χ0n) is 14.2. The van der Waals surface area contributed by atoms with Gasteiger partial charge in [-0.15, -0.1) is 0 Å². The first-order valence-corrected chi connectivity index (χ1v) is 7.75. The number of anilines is 2. The van der Waals surface area contributed by atoms with Gasteiger partial charge in [-0.2, -0.15) is 0 Å². The Balaban J connectivity index is 2.30. The van der Waals surface area contributed by atoms with Crippen molar-refractivity contribution in [1.29, 1.82) is 0 Å². The molecule has 5 nitrogen and oxygen atoms in total. The van der Waals surface area contributed by atoms with E-state index in [4.69, 9.17) is 10.8 Å². The van der Waals surface area contributed by atoms with Crippen LogP contribution in [0, 0.1) is 12.3 Å². The maximum absolute atomic E-state index is 5.61. The van der Waals surface area contributed by atoms with Crippen LogP contribution in [-0.2, 0) is 5.41 Å². The van der Waals surface area contributed by atoms with E-state index < -0.39 is 0 Å². The molecule has 1 unspecified atom stereocenters. The Bertz CT molecular complexity index is 516. The minimum absolute atomic E-state index is 0.106. The summed E-state index contributed by atoms with van der Waals surface area (Å²) in [6.07, 6.45) is 3.61. The van der Waals surface area contributed by atoms with Gasteiger partial charge in [-0.1, -0.05) is 34.6 Å². The summed E-state index contributed by atoms with van der Waals surface area (Å²) in [5, 5.41) is 3.61. The smallest absolute Gasteiger partial charge is 0.148 e. The van der Waals surface area contributed by atoms with Gasteiger partial charge in [0.15, 0.2) is 0 Å². The van der Waals surface area contributed by atoms with Crippen molar-refractivity contribution in [2.24, 2.45) is 11.3 Å². The number of hydrogen-bond donors (Lipinski definition) is 3. The first-order chi connectivity index (χ1) is 9.62. The van der Waals surface area contributed by atoms with Crippen molar-refractivity contribution in [2.45, 2.75) is 72.3 Å². The maximum atomic E-state index is 5.61. The summed E-state index contributed by atoms with van der Waals surface area (Å²) in [4.78, 5) is 9.28. The first kappa shape index (κ1) is 16.0. The SMILES string of the molecule is Cc1c(NN)nc(C(C)(C)C)nc1NC1CCC(C)(C)C1. The molecular formula is C16H29N5. The van der Waals surface area contributed by atoms with E-state index in [0.717, 1.165) is 17.2 Å². The van der Waals surface area contributed by atoms with Crippen molar-refractivity contribution in [3.8, 4) is 0 Å². The van der Waals surface area contributed by atoms with Crippen molar-refractivity contribution in [2.75, 3.05) is 10.7 Å². The lowest BCUT2D eigenvalue weighted by molar-refractivity contribution is 0.378. The predicted octanol–water partition coefficient (Wildman–Crippen LogP) is 3.36. The van der Waals surface area contributed by atoms with Crippen LogP contribution >= 0.6 is 0 Å². The molecule has 2 rings (SSSR count). The number of rotatable bonds is 3. The average Bonchev–Trinajstić information content (AvgIpc) is 2.70. The van der Waals surface area contributed by atoms with Crippen molar-refractivity contribution in [3.05, 3.63) is 11.4 Å². The molecule has 0 spiro atoms. The number of nitrogen functional groups attached to an aromatic ring is 1. The van der Waals surface area contributed by atoms with Crippen LogP contribution in [0.2, 0.25) is 0 Å². The van der Waals surface area contributed by atoms with Crippen molar-refractivity contribution in [1.82, 2.24) is 9.97 Å². The van der Waals surface area contributed by atoms with Crippen LogP contribution in [0.3, 0.4) is 0 Å². The lowest BCUT2D eigenvalue weighted by atomic mass is 9.92. The zero-order valence-corrected chi connectivity index (χ0v) is 14.2. The van der Waals surface area contributed by atoms with Gasteiger partial charge in [-0.05, 0) is 31.6 Å². The normalized spacial score (nSPS) is 21.4. The fourth-order valence-corrected chi connectivity index (χ4v) is 2.89. The molecule has 1 aliphatic rings. The Labute approximate surface area is 128 Å². The van der Waals surface area contributed by atoms with Gasteiger partial charge in [-0.3, -0.25) is 0 Å². The highest BCUT2D eigenvalue weighted by molar-refractivity contribution is 5.57. The van der Waals surface area contributed by atoms with Crippen LogP contribution in [0.4, 0.5) is 11.6 Å². The molecule has 118 valence electrons.